The quantitative estimate of drug-likeness (QED) is 0.0677. The number of carbonyl (C=O) groups excluding carboxylic acids is 1. The molecule has 0 spiro atoms. The van der Waals surface area contributed by atoms with Gasteiger partial charge in [0, 0.05) is 42.6 Å². The average molecular weight is 844 g/mol. The third-order valence-electron chi connectivity index (χ3n) is 17.3. The topological polar surface area (TPSA) is 169 Å². The van der Waals surface area contributed by atoms with Crippen LogP contribution >= 0.6 is 0 Å². The first-order valence-corrected chi connectivity index (χ1v) is 25.0. The highest BCUT2D eigenvalue weighted by Gasteiger charge is 2.51. The molecule has 3 saturated carbocycles. The lowest BCUT2D eigenvalue weighted by atomic mass is 9.66. The number of hydrogen-bond donors (Lipinski definition) is 7. The standard InChI is InChI=1S/C52H81N3O6/c1-4-5-6-9-34-12-13-38(48(58)28-34)10-7-8-11-39-16-19-42(46-30-43-33(3)41(20-21-45(43)55-46)32(2)37-14-17-40(56)18-15-37)44-27-36(26-35-23-25-54-49(53)29-35)31-52(44,61)24-22-47(57)50(39)51(59)60/h12-13,23,29-30,32-34,36-39,41-42,44,47-48,50,54-55,57-58,61H,4-11,14-22,24-28,31,53H2,1-3H3,(H,59,60)/t32-,33-,34-,36+,38-,39+,41+,42-,44+,47+,48-,50+,52+/m1/s1. The van der Waals surface area contributed by atoms with Crippen LogP contribution in [0.2, 0.25) is 0 Å². The Kier molecular flexibility index (Phi) is 15.7. The molecule has 0 bridgehead atoms. The van der Waals surface area contributed by atoms with Gasteiger partial charge < -0.3 is 36.5 Å². The van der Waals surface area contributed by atoms with Gasteiger partial charge in [-0.1, -0.05) is 71.1 Å². The molecule has 61 heavy (non-hydrogen) atoms. The maximum atomic E-state index is 13.1. The number of unbranched alkanes of at least 4 members (excludes halogenated alkanes) is 3. The van der Waals surface area contributed by atoms with Crippen LogP contribution in [0.1, 0.15) is 184 Å². The van der Waals surface area contributed by atoms with Crippen LogP contribution in [-0.2, 0) is 16.0 Å². The van der Waals surface area contributed by atoms with Crippen molar-refractivity contribution in [3.8, 4) is 0 Å². The van der Waals surface area contributed by atoms with Gasteiger partial charge in [-0.2, -0.15) is 0 Å². The second-order valence-electron chi connectivity index (χ2n) is 21.2. The summed E-state index contributed by atoms with van der Waals surface area (Å²) in [5.41, 5.74) is 10.3. The van der Waals surface area contributed by atoms with Crippen molar-refractivity contribution in [1.29, 1.82) is 0 Å². The molecule has 1 aromatic rings. The molecule has 7 rings (SSSR count). The first kappa shape index (κ1) is 46.1. The molecule has 9 heteroatoms. The van der Waals surface area contributed by atoms with Gasteiger partial charge in [0.05, 0.1) is 29.5 Å². The molecule has 5 aliphatic carbocycles. The number of dihydropyridines is 1. The molecule has 1 aliphatic heterocycles. The first-order valence-electron chi connectivity index (χ1n) is 25.0. The van der Waals surface area contributed by atoms with Gasteiger partial charge in [-0.05, 0) is 167 Å². The highest BCUT2D eigenvalue weighted by molar-refractivity contribution is 5.79. The van der Waals surface area contributed by atoms with E-state index in [1.54, 1.807) is 0 Å². The number of Topliss-reactive ketones (excluding diaryl/α,β-unsaturated/α-hetero) is 1. The van der Waals surface area contributed by atoms with Crippen LogP contribution in [0.3, 0.4) is 0 Å². The predicted octanol–water partition coefficient (Wildman–Crippen LogP) is 9.58. The fourth-order valence-corrected chi connectivity index (χ4v) is 13.7. The van der Waals surface area contributed by atoms with E-state index in [1.807, 2.05) is 6.08 Å². The molecule has 0 unspecified atom stereocenters. The molecule has 3 fully saturated rings. The molecule has 1 aromatic heterocycles. The SMILES string of the molecule is CCCCC[C@@H]1C=C[C@@H](CCCC[C@H]2CC[C@@H](c3cc4c([nH]3)CC[C@@H]([C@H](C)C3CCC(=O)CC3)[C@H]4C)[C@@H]3C[C@H](CC4=CCNC(N)=C4)C[C@@]3(O)CC[C@H](O)[C@H]2C(=O)O)[C@H](O)C1. The van der Waals surface area contributed by atoms with Crippen molar-refractivity contribution in [3.05, 3.63) is 58.7 Å². The van der Waals surface area contributed by atoms with Gasteiger partial charge in [0.15, 0.2) is 0 Å². The number of aromatic amines is 1. The fourth-order valence-electron chi connectivity index (χ4n) is 13.7. The number of allylic oxidation sites excluding steroid dienone is 3. The number of ketones is 1. The maximum Gasteiger partial charge on any atom is 0.309 e. The van der Waals surface area contributed by atoms with E-state index in [0.29, 0.717) is 67.0 Å². The van der Waals surface area contributed by atoms with E-state index in [2.05, 4.69) is 55.4 Å². The van der Waals surface area contributed by atoms with E-state index < -0.39 is 23.6 Å². The summed E-state index contributed by atoms with van der Waals surface area (Å²) < 4.78 is 0. The van der Waals surface area contributed by atoms with Crippen LogP contribution in [-0.4, -0.2) is 61.5 Å². The Balaban J connectivity index is 1.11. The largest absolute Gasteiger partial charge is 0.481 e. The van der Waals surface area contributed by atoms with Crippen LogP contribution in [0, 0.1) is 53.3 Å². The Morgan fingerprint density at radius 1 is 0.951 bits per heavy atom. The Morgan fingerprint density at radius 2 is 1.72 bits per heavy atom. The Morgan fingerprint density at radius 3 is 2.46 bits per heavy atom. The Labute approximate surface area is 366 Å². The number of aliphatic hydroxyl groups excluding tert-OH is 2. The molecular weight excluding hydrogens is 763 g/mol. The monoisotopic (exact) mass is 844 g/mol. The lowest BCUT2D eigenvalue weighted by Crippen LogP contribution is -2.42. The fraction of sp³-hybridized carbons (Fsp3) is 0.769. The second-order valence-corrected chi connectivity index (χ2v) is 21.2. The third-order valence-corrected chi connectivity index (χ3v) is 17.3. The van der Waals surface area contributed by atoms with E-state index in [9.17, 15) is 30.0 Å². The minimum absolute atomic E-state index is 0.0225. The maximum absolute atomic E-state index is 13.1. The van der Waals surface area contributed by atoms with E-state index >= 15 is 0 Å². The number of carboxylic acids is 1. The lowest BCUT2D eigenvalue weighted by Gasteiger charge is -2.40. The number of aliphatic hydroxyl groups is 3. The first-order chi connectivity index (χ1) is 29.3. The van der Waals surface area contributed by atoms with Gasteiger partial charge in [0.25, 0.3) is 0 Å². The molecule has 6 aliphatic rings. The zero-order valence-electron chi connectivity index (χ0n) is 37.8. The number of nitrogens with two attached hydrogens (primary N) is 1. The summed E-state index contributed by atoms with van der Waals surface area (Å²) in [7, 11) is 0. The van der Waals surface area contributed by atoms with Gasteiger partial charge in [0.2, 0.25) is 0 Å². The van der Waals surface area contributed by atoms with Crippen molar-refractivity contribution in [3.63, 3.8) is 0 Å². The summed E-state index contributed by atoms with van der Waals surface area (Å²) in [4.78, 5) is 29.2. The molecule has 0 aromatic carbocycles. The molecule has 0 radical (unpaired) electrons. The average Bonchev–Trinajstić information content (AvgIpc) is 3.80. The second kappa shape index (κ2) is 20.7. The molecule has 9 nitrogen and oxygen atoms in total. The molecule has 2 heterocycles. The number of aliphatic carboxylic acids is 1. The van der Waals surface area contributed by atoms with E-state index in [0.717, 1.165) is 96.3 Å². The summed E-state index contributed by atoms with van der Waals surface area (Å²) in [6.45, 7) is 7.75. The number of aromatic nitrogens is 1. The van der Waals surface area contributed by atoms with E-state index in [-0.39, 0.29) is 42.1 Å². The normalized spacial score (nSPS) is 36.6. The Hall–Kier alpha value is -2.88. The molecule has 0 saturated heterocycles. The molecule has 13 atom stereocenters. The summed E-state index contributed by atoms with van der Waals surface area (Å²) in [5.74, 6) is 2.07. The minimum Gasteiger partial charge on any atom is -0.481 e. The van der Waals surface area contributed by atoms with Crippen molar-refractivity contribution >= 4 is 11.8 Å². The van der Waals surface area contributed by atoms with E-state index in [4.69, 9.17) is 5.73 Å². The molecule has 8 N–H and O–H groups in total. The molecule has 0 amide bonds. The summed E-state index contributed by atoms with van der Waals surface area (Å²) in [6.07, 6.45) is 26.5. The van der Waals surface area contributed by atoms with Crippen molar-refractivity contribution in [2.24, 2.45) is 59.0 Å². The third kappa shape index (κ3) is 11.1. The van der Waals surface area contributed by atoms with Crippen molar-refractivity contribution in [2.45, 2.75) is 192 Å². The number of H-pyrrole nitrogens is 1. The van der Waals surface area contributed by atoms with Crippen molar-refractivity contribution in [2.75, 3.05) is 6.54 Å². The summed E-state index contributed by atoms with van der Waals surface area (Å²) in [5, 5.41) is 49.5. The lowest BCUT2D eigenvalue weighted by molar-refractivity contribution is -0.150. The summed E-state index contributed by atoms with van der Waals surface area (Å²) in [6, 6.07) is 2.43. The van der Waals surface area contributed by atoms with Gasteiger partial charge in [-0.15, -0.1) is 0 Å². The van der Waals surface area contributed by atoms with E-state index in [1.165, 1.54) is 41.8 Å². The number of carboxylic acid groups (broad SMARTS) is 1. The zero-order chi connectivity index (χ0) is 43.3. The number of fused-ring (bicyclic) bond motifs is 2. The predicted molar refractivity (Wildman–Crippen MR) is 242 cm³/mol. The van der Waals surface area contributed by atoms with Gasteiger partial charge in [-0.25, -0.2) is 0 Å². The number of nitrogens with one attached hydrogen (secondary N) is 2. The number of carbonyl (C=O) groups is 2. The Bertz CT molecular complexity index is 1720. The van der Waals surface area contributed by atoms with Gasteiger partial charge in [-0.3, -0.25) is 9.59 Å². The minimum atomic E-state index is -1.02. The van der Waals surface area contributed by atoms with Crippen molar-refractivity contribution < 1.29 is 30.0 Å². The number of hydrogen-bond acceptors (Lipinski definition) is 7. The van der Waals surface area contributed by atoms with Crippen LogP contribution in [0.15, 0.2) is 41.8 Å². The summed E-state index contributed by atoms with van der Waals surface area (Å²) >= 11 is 0. The number of rotatable bonds is 15. The number of aryl methyl sites for hydroxylation is 1. The van der Waals surface area contributed by atoms with Crippen LogP contribution < -0.4 is 11.1 Å². The zero-order valence-corrected chi connectivity index (χ0v) is 37.8. The highest BCUT2D eigenvalue weighted by Crippen LogP contribution is 2.55. The van der Waals surface area contributed by atoms with Crippen LogP contribution in [0.25, 0.3) is 0 Å². The van der Waals surface area contributed by atoms with Gasteiger partial charge >= 0.3 is 5.97 Å². The molecule has 340 valence electrons. The van der Waals surface area contributed by atoms with Crippen molar-refractivity contribution in [1.82, 2.24) is 10.3 Å². The smallest absolute Gasteiger partial charge is 0.309 e. The van der Waals surface area contributed by atoms with Crippen LogP contribution in [0.5, 0.6) is 0 Å². The molecular formula is C52H81N3O6. The highest BCUT2D eigenvalue weighted by atomic mass is 16.4. The van der Waals surface area contributed by atoms with Crippen LogP contribution in [0.4, 0.5) is 0 Å². The van der Waals surface area contributed by atoms with Gasteiger partial charge in [0.1, 0.15) is 5.78 Å².